The van der Waals surface area contributed by atoms with E-state index in [-0.39, 0.29) is 36.2 Å². The first kappa shape index (κ1) is 22.3. The average Bonchev–Trinajstić information content (AvgIpc) is 3.08. The zero-order chi connectivity index (χ0) is 22.7. The summed E-state index contributed by atoms with van der Waals surface area (Å²) in [5.74, 6) is -3.44. The standard InChI is InChI=1S/C23H26O8/c1-5-30-22(26)20-14-11-18(29-4)16(25)10-13(14)19(21(20)23(27)31-6-2)12-7-8-15(24)17(9-12)28-3/h7-11,19-21,24-25H,5-6H2,1-4H3. The van der Waals surface area contributed by atoms with Gasteiger partial charge in [0.1, 0.15) is 0 Å². The molecule has 8 nitrogen and oxygen atoms in total. The van der Waals surface area contributed by atoms with Gasteiger partial charge < -0.3 is 29.2 Å². The SMILES string of the molecule is CCOC(=O)C1c2cc(OC)c(O)cc2C(c2ccc(O)c(OC)c2)C1C(=O)OCC. The molecule has 31 heavy (non-hydrogen) atoms. The van der Waals surface area contributed by atoms with Crippen molar-refractivity contribution in [2.45, 2.75) is 25.7 Å². The van der Waals surface area contributed by atoms with E-state index in [4.69, 9.17) is 18.9 Å². The summed E-state index contributed by atoms with van der Waals surface area (Å²) < 4.78 is 21.0. The van der Waals surface area contributed by atoms with Crippen LogP contribution in [0.1, 0.15) is 42.4 Å². The fraction of sp³-hybridized carbons (Fsp3) is 0.391. The van der Waals surface area contributed by atoms with E-state index in [9.17, 15) is 19.8 Å². The molecular formula is C23H26O8. The van der Waals surface area contributed by atoms with Gasteiger partial charge in [-0.3, -0.25) is 9.59 Å². The molecule has 0 aliphatic heterocycles. The molecule has 2 N–H and O–H groups in total. The van der Waals surface area contributed by atoms with Crippen LogP contribution < -0.4 is 9.47 Å². The summed E-state index contributed by atoms with van der Waals surface area (Å²) in [6, 6.07) is 7.75. The Balaban J connectivity index is 2.27. The predicted octanol–water partition coefficient (Wildman–Crippen LogP) is 3.09. The molecule has 1 aliphatic carbocycles. The number of carbonyl (C=O) groups is 2. The maximum absolute atomic E-state index is 13.1. The van der Waals surface area contributed by atoms with Crippen LogP contribution in [-0.2, 0) is 19.1 Å². The fourth-order valence-electron chi connectivity index (χ4n) is 4.17. The summed E-state index contributed by atoms with van der Waals surface area (Å²) >= 11 is 0. The summed E-state index contributed by atoms with van der Waals surface area (Å²) in [5, 5.41) is 20.4. The van der Waals surface area contributed by atoms with Crippen LogP contribution in [0.4, 0.5) is 0 Å². The minimum atomic E-state index is -0.951. The van der Waals surface area contributed by atoms with Gasteiger partial charge in [0.25, 0.3) is 0 Å². The molecule has 3 atom stereocenters. The van der Waals surface area contributed by atoms with Crippen molar-refractivity contribution in [2.24, 2.45) is 5.92 Å². The molecule has 0 bridgehead atoms. The van der Waals surface area contributed by atoms with Crippen molar-refractivity contribution in [3.8, 4) is 23.0 Å². The predicted molar refractivity (Wildman–Crippen MR) is 111 cm³/mol. The Bertz CT molecular complexity index is 984. The van der Waals surface area contributed by atoms with Crippen molar-refractivity contribution in [1.82, 2.24) is 0 Å². The number of fused-ring (bicyclic) bond motifs is 1. The van der Waals surface area contributed by atoms with Crippen LogP contribution in [0.2, 0.25) is 0 Å². The van der Waals surface area contributed by atoms with E-state index in [2.05, 4.69) is 0 Å². The Labute approximate surface area is 180 Å². The van der Waals surface area contributed by atoms with Crippen LogP contribution >= 0.6 is 0 Å². The highest BCUT2D eigenvalue weighted by atomic mass is 16.5. The van der Waals surface area contributed by atoms with Crippen LogP contribution in [0, 0.1) is 5.92 Å². The highest BCUT2D eigenvalue weighted by Crippen LogP contribution is 2.54. The molecule has 0 radical (unpaired) electrons. The number of rotatable bonds is 7. The molecule has 0 spiro atoms. The number of aromatic hydroxyl groups is 2. The molecule has 0 saturated carbocycles. The summed E-state index contributed by atoms with van der Waals surface area (Å²) in [6.07, 6.45) is 0. The fourth-order valence-corrected chi connectivity index (χ4v) is 4.17. The van der Waals surface area contributed by atoms with Crippen molar-refractivity contribution in [3.05, 3.63) is 47.0 Å². The second-order valence-corrected chi connectivity index (χ2v) is 7.07. The van der Waals surface area contributed by atoms with Crippen LogP contribution in [0.3, 0.4) is 0 Å². The number of phenols is 2. The minimum Gasteiger partial charge on any atom is -0.504 e. The van der Waals surface area contributed by atoms with E-state index in [1.807, 2.05) is 0 Å². The monoisotopic (exact) mass is 430 g/mol. The first-order valence-corrected chi connectivity index (χ1v) is 9.98. The van der Waals surface area contributed by atoms with Gasteiger partial charge in [-0.15, -0.1) is 0 Å². The van der Waals surface area contributed by atoms with E-state index >= 15 is 0 Å². The molecular weight excluding hydrogens is 404 g/mol. The Hall–Kier alpha value is -3.42. The van der Waals surface area contributed by atoms with Gasteiger partial charge in [-0.1, -0.05) is 6.07 Å². The van der Waals surface area contributed by atoms with Crippen LogP contribution in [0.5, 0.6) is 23.0 Å². The summed E-state index contributed by atoms with van der Waals surface area (Å²) in [5.41, 5.74) is 1.70. The van der Waals surface area contributed by atoms with Gasteiger partial charge >= 0.3 is 11.9 Å². The number of hydrogen-bond donors (Lipinski definition) is 2. The smallest absolute Gasteiger partial charge is 0.314 e. The minimum absolute atomic E-state index is 0.0586. The normalized spacial score (nSPS) is 19.4. The van der Waals surface area contributed by atoms with Gasteiger partial charge in [0.2, 0.25) is 0 Å². The van der Waals surface area contributed by atoms with Gasteiger partial charge in [0.15, 0.2) is 23.0 Å². The third kappa shape index (κ3) is 3.97. The van der Waals surface area contributed by atoms with Crippen molar-refractivity contribution in [3.63, 3.8) is 0 Å². The van der Waals surface area contributed by atoms with Crippen molar-refractivity contribution in [2.75, 3.05) is 27.4 Å². The number of esters is 2. The third-order valence-electron chi connectivity index (χ3n) is 5.44. The lowest BCUT2D eigenvalue weighted by molar-refractivity contribution is -0.156. The summed E-state index contributed by atoms with van der Waals surface area (Å²) in [7, 11) is 2.82. The van der Waals surface area contributed by atoms with Gasteiger partial charge in [-0.2, -0.15) is 0 Å². The van der Waals surface area contributed by atoms with Crippen molar-refractivity contribution >= 4 is 11.9 Å². The number of ether oxygens (including phenoxy) is 4. The number of carbonyl (C=O) groups excluding carboxylic acids is 2. The molecule has 166 valence electrons. The molecule has 1 aliphatic rings. The largest absolute Gasteiger partial charge is 0.504 e. The second-order valence-electron chi connectivity index (χ2n) is 7.07. The van der Waals surface area contributed by atoms with Crippen LogP contribution in [0.25, 0.3) is 0 Å². The van der Waals surface area contributed by atoms with Gasteiger partial charge in [-0.05, 0) is 54.8 Å². The zero-order valence-electron chi connectivity index (χ0n) is 17.9. The molecule has 0 amide bonds. The maximum Gasteiger partial charge on any atom is 0.314 e. The quantitative estimate of drug-likeness (QED) is 0.645. The molecule has 0 saturated heterocycles. The molecule has 3 unspecified atom stereocenters. The molecule has 0 fully saturated rings. The Morgan fingerprint density at radius 2 is 1.45 bits per heavy atom. The Kier molecular flexibility index (Phi) is 6.58. The summed E-state index contributed by atoms with van der Waals surface area (Å²) in [4.78, 5) is 26.0. The number of benzene rings is 2. The number of methoxy groups -OCH3 is 2. The van der Waals surface area contributed by atoms with Crippen molar-refractivity contribution in [1.29, 1.82) is 0 Å². The first-order chi connectivity index (χ1) is 14.9. The molecule has 2 aromatic carbocycles. The van der Waals surface area contributed by atoms with Gasteiger partial charge in [-0.25, -0.2) is 0 Å². The van der Waals surface area contributed by atoms with E-state index in [1.54, 1.807) is 32.0 Å². The maximum atomic E-state index is 13.1. The number of hydrogen-bond acceptors (Lipinski definition) is 8. The number of phenolic OH excluding ortho intramolecular Hbond substituents is 2. The van der Waals surface area contributed by atoms with E-state index in [0.29, 0.717) is 16.7 Å². The zero-order valence-corrected chi connectivity index (χ0v) is 17.9. The second kappa shape index (κ2) is 9.16. The molecule has 8 heteroatoms. The molecule has 0 aromatic heterocycles. The lowest BCUT2D eigenvalue weighted by Gasteiger charge is -2.23. The summed E-state index contributed by atoms with van der Waals surface area (Å²) in [6.45, 7) is 3.66. The molecule has 0 heterocycles. The average molecular weight is 430 g/mol. The topological polar surface area (TPSA) is 112 Å². The van der Waals surface area contributed by atoms with E-state index in [0.717, 1.165) is 0 Å². The van der Waals surface area contributed by atoms with Crippen LogP contribution in [0.15, 0.2) is 30.3 Å². The van der Waals surface area contributed by atoms with Crippen LogP contribution in [-0.4, -0.2) is 49.6 Å². The third-order valence-corrected chi connectivity index (χ3v) is 5.44. The lowest BCUT2D eigenvalue weighted by atomic mass is 9.82. The first-order valence-electron chi connectivity index (χ1n) is 9.98. The highest BCUT2D eigenvalue weighted by Gasteiger charge is 2.51. The van der Waals surface area contributed by atoms with Crippen molar-refractivity contribution < 1.29 is 38.7 Å². The molecule has 2 aromatic rings. The highest BCUT2D eigenvalue weighted by molar-refractivity contribution is 5.90. The van der Waals surface area contributed by atoms with E-state index < -0.39 is 29.7 Å². The molecule has 3 rings (SSSR count). The van der Waals surface area contributed by atoms with Gasteiger partial charge in [0, 0.05) is 5.92 Å². The van der Waals surface area contributed by atoms with Gasteiger partial charge in [0.05, 0.1) is 39.3 Å². The van der Waals surface area contributed by atoms with E-state index in [1.165, 1.54) is 26.4 Å². The Morgan fingerprint density at radius 1 is 0.839 bits per heavy atom. The lowest BCUT2D eigenvalue weighted by Crippen LogP contribution is -2.30. The Morgan fingerprint density at radius 3 is 2.06 bits per heavy atom.